The topological polar surface area (TPSA) is 104 Å². The number of anilines is 1. The summed E-state index contributed by atoms with van der Waals surface area (Å²) in [6.45, 7) is 2.11. The maximum absolute atomic E-state index is 11.9. The average Bonchev–Trinajstić information content (AvgIpc) is 2.68. The molecule has 0 bridgehead atoms. The molecule has 0 spiro atoms. The Balaban J connectivity index is 1.83. The van der Waals surface area contributed by atoms with Crippen LogP contribution in [0.5, 0.6) is 5.75 Å². The molecule has 0 aliphatic rings. The van der Waals surface area contributed by atoms with Crippen LogP contribution in [0.4, 0.5) is 17.3 Å². The van der Waals surface area contributed by atoms with Crippen LogP contribution in [0.3, 0.4) is 0 Å². The highest BCUT2D eigenvalue weighted by Gasteiger charge is 2.12. The maximum atomic E-state index is 11.9. The lowest BCUT2D eigenvalue weighted by molar-refractivity contribution is -0.487. The molecule has 1 heterocycles. The molecule has 27 heavy (non-hydrogen) atoms. The van der Waals surface area contributed by atoms with Crippen molar-refractivity contribution in [3.8, 4) is 17.0 Å². The Kier molecular flexibility index (Phi) is 5.63. The fourth-order valence-electron chi connectivity index (χ4n) is 2.62. The third-order valence-electron chi connectivity index (χ3n) is 3.89. The third kappa shape index (κ3) is 4.39. The number of aromatic nitrogens is 2. The lowest BCUT2D eigenvalue weighted by Crippen LogP contribution is -2.72. The van der Waals surface area contributed by atoms with Crippen LogP contribution < -0.4 is 15.8 Å². The van der Waals surface area contributed by atoms with Crippen molar-refractivity contribution in [1.82, 2.24) is 9.97 Å². The van der Waals surface area contributed by atoms with Gasteiger partial charge in [0.25, 0.3) is 0 Å². The van der Waals surface area contributed by atoms with Crippen molar-refractivity contribution in [1.29, 1.82) is 0 Å². The van der Waals surface area contributed by atoms with Crippen LogP contribution in [0, 0.1) is 0 Å². The number of nitrogens with zero attached hydrogens (tertiary/aromatic N) is 2. The van der Waals surface area contributed by atoms with Crippen LogP contribution in [0.25, 0.3) is 11.3 Å². The number of hydrogen-bond acceptors (Lipinski definition) is 6. The van der Waals surface area contributed by atoms with Gasteiger partial charge in [-0.15, -0.1) is 0 Å². The molecule has 0 radical (unpaired) electrons. The first-order valence-electron chi connectivity index (χ1n) is 8.49. The molecule has 0 aliphatic heterocycles. The summed E-state index contributed by atoms with van der Waals surface area (Å²) in [4.78, 5) is 20.7. The van der Waals surface area contributed by atoms with E-state index in [1.165, 1.54) is 0 Å². The number of benzene rings is 2. The Morgan fingerprint density at radius 3 is 2.78 bits per heavy atom. The molecule has 3 aromatic rings. The van der Waals surface area contributed by atoms with Gasteiger partial charge in [-0.1, -0.05) is 6.07 Å². The summed E-state index contributed by atoms with van der Waals surface area (Å²) < 4.78 is 10.2. The molecule has 1 aromatic heterocycles. The lowest BCUT2D eigenvalue weighted by Gasteiger charge is -2.07. The van der Waals surface area contributed by atoms with Crippen molar-refractivity contribution in [3.63, 3.8) is 0 Å². The van der Waals surface area contributed by atoms with Crippen molar-refractivity contribution in [2.24, 2.45) is 0 Å². The van der Waals surface area contributed by atoms with E-state index < -0.39 is 0 Å². The SMILES string of the molecule is CCOC(=O)c1cccc([NH2+]c2nccc(-c3ccc(OC)c(N)c3)n2)c1. The van der Waals surface area contributed by atoms with E-state index in [0.717, 1.165) is 16.9 Å². The summed E-state index contributed by atoms with van der Waals surface area (Å²) in [5.41, 5.74) is 9.43. The number of nitrogen functional groups attached to an aromatic ring is 1. The summed E-state index contributed by atoms with van der Waals surface area (Å²) >= 11 is 0. The highest BCUT2D eigenvalue weighted by atomic mass is 16.5. The predicted molar refractivity (Wildman–Crippen MR) is 102 cm³/mol. The Labute approximate surface area is 157 Å². The van der Waals surface area contributed by atoms with Gasteiger partial charge < -0.3 is 15.2 Å². The van der Waals surface area contributed by atoms with E-state index in [0.29, 0.717) is 29.6 Å². The number of nitrogens with two attached hydrogens (primary N) is 2. The molecule has 4 N–H and O–H groups in total. The Morgan fingerprint density at radius 1 is 1.19 bits per heavy atom. The summed E-state index contributed by atoms with van der Waals surface area (Å²) in [5.74, 6) is 0.800. The second kappa shape index (κ2) is 8.29. The van der Waals surface area contributed by atoms with E-state index in [2.05, 4.69) is 9.97 Å². The molecule has 0 saturated carbocycles. The third-order valence-corrected chi connectivity index (χ3v) is 3.89. The molecular formula is C20H21N4O3+. The molecule has 138 valence electrons. The standard InChI is InChI=1S/C20H20N4O3/c1-3-27-19(25)14-5-4-6-15(11-14)23-20-22-10-9-17(24-20)13-7-8-18(26-2)16(21)12-13/h4-12H,3,21H2,1-2H3,(H,22,23,24)/p+1. The van der Waals surface area contributed by atoms with Crippen molar-refractivity contribution in [3.05, 3.63) is 60.3 Å². The zero-order valence-corrected chi connectivity index (χ0v) is 15.2. The maximum Gasteiger partial charge on any atom is 0.338 e. The first kappa shape index (κ1) is 18.3. The summed E-state index contributed by atoms with van der Waals surface area (Å²) in [7, 11) is 1.58. The number of hydrogen-bond donors (Lipinski definition) is 2. The van der Waals surface area contributed by atoms with Crippen molar-refractivity contribution >= 4 is 23.3 Å². The van der Waals surface area contributed by atoms with Crippen LogP contribution in [0.1, 0.15) is 17.3 Å². The molecule has 0 amide bonds. The monoisotopic (exact) mass is 365 g/mol. The number of ether oxygens (including phenoxy) is 2. The van der Waals surface area contributed by atoms with Gasteiger partial charge in [0, 0.05) is 17.8 Å². The van der Waals surface area contributed by atoms with E-state index >= 15 is 0 Å². The minimum absolute atomic E-state index is 0.336. The number of esters is 1. The molecule has 2 aromatic carbocycles. The first-order valence-corrected chi connectivity index (χ1v) is 8.49. The average molecular weight is 365 g/mol. The second-order valence-electron chi connectivity index (χ2n) is 5.75. The Morgan fingerprint density at radius 2 is 2.04 bits per heavy atom. The number of methoxy groups -OCH3 is 1. The molecule has 7 nitrogen and oxygen atoms in total. The summed E-state index contributed by atoms with van der Waals surface area (Å²) in [6.07, 6.45) is 1.68. The molecule has 0 saturated heterocycles. The molecular weight excluding hydrogens is 344 g/mol. The molecule has 0 unspecified atom stereocenters. The largest absolute Gasteiger partial charge is 0.495 e. The minimum Gasteiger partial charge on any atom is -0.495 e. The van der Waals surface area contributed by atoms with E-state index in [1.807, 2.05) is 24.3 Å². The quantitative estimate of drug-likeness (QED) is 0.514. The molecule has 3 rings (SSSR count). The number of quaternary nitrogens is 1. The number of carbonyl (C=O) groups is 1. The minimum atomic E-state index is -0.351. The van der Waals surface area contributed by atoms with Crippen LogP contribution in [-0.4, -0.2) is 29.7 Å². The Hall–Kier alpha value is -3.45. The van der Waals surface area contributed by atoms with Crippen LogP contribution in [0.2, 0.25) is 0 Å². The zero-order valence-electron chi connectivity index (χ0n) is 15.2. The van der Waals surface area contributed by atoms with Crippen molar-refractivity contribution in [2.75, 3.05) is 19.5 Å². The van der Waals surface area contributed by atoms with Gasteiger partial charge in [0.1, 0.15) is 11.4 Å². The fraction of sp³-hybridized carbons (Fsp3) is 0.150. The van der Waals surface area contributed by atoms with Crippen LogP contribution in [0.15, 0.2) is 54.7 Å². The summed E-state index contributed by atoms with van der Waals surface area (Å²) in [5, 5.41) is 1.80. The lowest BCUT2D eigenvalue weighted by atomic mass is 10.1. The van der Waals surface area contributed by atoms with Gasteiger partial charge in [-0.05, 0) is 43.3 Å². The zero-order chi connectivity index (χ0) is 19.2. The van der Waals surface area contributed by atoms with Gasteiger partial charge in [0.05, 0.1) is 30.7 Å². The molecule has 0 fully saturated rings. The molecule has 0 aliphatic carbocycles. The van der Waals surface area contributed by atoms with E-state index in [1.54, 1.807) is 49.8 Å². The Bertz CT molecular complexity index is 959. The number of carbonyl (C=O) groups excluding carboxylic acids is 1. The normalized spacial score (nSPS) is 10.4. The van der Waals surface area contributed by atoms with Gasteiger partial charge in [-0.25, -0.2) is 10.1 Å². The molecule has 7 heteroatoms. The van der Waals surface area contributed by atoms with E-state index in [9.17, 15) is 4.79 Å². The van der Waals surface area contributed by atoms with Gasteiger partial charge >= 0.3 is 11.9 Å². The van der Waals surface area contributed by atoms with Gasteiger partial charge in [0.2, 0.25) is 0 Å². The second-order valence-corrected chi connectivity index (χ2v) is 5.75. The van der Waals surface area contributed by atoms with Gasteiger partial charge in [-0.2, -0.15) is 9.97 Å². The van der Waals surface area contributed by atoms with Gasteiger partial charge in [-0.3, -0.25) is 0 Å². The molecule has 0 atom stereocenters. The van der Waals surface area contributed by atoms with E-state index in [-0.39, 0.29) is 5.97 Å². The fourth-order valence-corrected chi connectivity index (χ4v) is 2.62. The van der Waals surface area contributed by atoms with Crippen LogP contribution in [-0.2, 0) is 4.74 Å². The van der Waals surface area contributed by atoms with Crippen molar-refractivity contribution < 1.29 is 19.6 Å². The smallest absolute Gasteiger partial charge is 0.338 e. The number of rotatable bonds is 6. The predicted octanol–water partition coefficient (Wildman–Crippen LogP) is 2.44. The van der Waals surface area contributed by atoms with E-state index in [4.69, 9.17) is 15.2 Å². The highest BCUT2D eigenvalue weighted by Crippen LogP contribution is 2.27. The first-order chi connectivity index (χ1) is 13.1. The summed E-state index contributed by atoms with van der Waals surface area (Å²) in [6, 6.07) is 14.5. The van der Waals surface area contributed by atoms with Crippen molar-refractivity contribution in [2.45, 2.75) is 6.92 Å². The van der Waals surface area contributed by atoms with Gasteiger partial charge in [0.15, 0.2) is 0 Å². The van der Waals surface area contributed by atoms with Crippen LogP contribution >= 0.6 is 0 Å². The highest BCUT2D eigenvalue weighted by molar-refractivity contribution is 5.90.